The van der Waals surface area contributed by atoms with Gasteiger partial charge in [-0.2, -0.15) is 4.31 Å². The summed E-state index contributed by atoms with van der Waals surface area (Å²) >= 11 is 0. The molecule has 1 aliphatic rings. The number of carbonyl (C=O) groups is 1. The Bertz CT molecular complexity index is 1160. The van der Waals surface area contributed by atoms with Crippen molar-refractivity contribution >= 4 is 26.8 Å². The van der Waals surface area contributed by atoms with Gasteiger partial charge in [-0.1, -0.05) is 18.2 Å². The molecule has 164 valence electrons. The van der Waals surface area contributed by atoms with Crippen molar-refractivity contribution in [3.05, 3.63) is 60.3 Å². The van der Waals surface area contributed by atoms with Crippen molar-refractivity contribution in [3.8, 4) is 5.75 Å². The Morgan fingerprint density at radius 3 is 2.81 bits per heavy atom. The van der Waals surface area contributed by atoms with Gasteiger partial charge in [0.1, 0.15) is 5.75 Å². The van der Waals surface area contributed by atoms with Crippen molar-refractivity contribution in [2.45, 2.75) is 24.2 Å². The van der Waals surface area contributed by atoms with Crippen LogP contribution in [0.15, 0.2) is 59.6 Å². The second-order valence-corrected chi connectivity index (χ2v) is 9.72. The Morgan fingerprint density at radius 1 is 1.23 bits per heavy atom. The standard InChI is InChI=1S/C23H27N3O4S/c1-30-19-9-10-22-21(14-19)17(15-25-22)11-12-24-23(27)18-6-5-13-26(16-18)31(28,29)20-7-3-2-4-8-20/h2-4,7-10,14-15,18,25H,5-6,11-13,16H2,1H3,(H,24,27). The topological polar surface area (TPSA) is 91.5 Å². The van der Waals surface area contributed by atoms with Crippen molar-refractivity contribution in [2.75, 3.05) is 26.7 Å². The fourth-order valence-electron chi connectivity index (χ4n) is 4.07. The Hall–Kier alpha value is -2.84. The highest BCUT2D eigenvalue weighted by Gasteiger charge is 2.33. The predicted molar refractivity (Wildman–Crippen MR) is 119 cm³/mol. The number of hydrogen-bond donors (Lipinski definition) is 2. The molecule has 2 N–H and O–H groups in total. The lowest BCUT2D eigenvalue weighted by atomic mass is 9.98. The van der Waals surface area contributed by atoms with Gasteiger partial charge >= 0.3 is 0 Å². The first-order valence-electron chi connectivity index (χ1n) is 10.5. The van der Waals surface area contributed by atoms with Crippen LogP contribution in [0.3, 0.4) is 0 Å². The van der Waals surface area contributed by atoms with E-state index in [-0.39, 0.29) is 23.3 Å². The number of rotatable bonds is 7. The fraction of sp³-hybridized carbons (Fsp3) is 0.348. The highest BCUT2D eigenvalue weighted by Crippen LogP contribution is 2.25. The van der Waals surface area contributed by atoms with Gasteiger partial charge in [0.15, 0.2) is 0 Å². The number of piperidine rings is 1. The van der Waals surface area contributed by atoms with Crippen LogP contribution in [0, 0.1) is 5.92 Å². The summed E-state index contributed by atoms with van der Waals surface area (Å²) in [7, 11) is -1.94. The van der Waals surface area contributed by atoms with Gasteiger partial charge in [0.2, 0.25) is 15.9 Å². The molecule has 7 nitrogen and oxygen atoms in total. The number of fused-ring (bicyclic) bond motifs is 1. The minimum Gasteiger partial charge on any atom is -0.497 e. The monoisotopic (exact) mass is 441 g/mol. The summed E-state index contributed by atoms with van der Waals surface area (Å²) in [5.74, 6) is 0.361. The minimum atomic E-state index is -3.58. The molecule has 0 bridgehead atoms. The third kappa shape index (κ3) is 4.60. The van der Waals surface area contributed by atoms with Crippen molar-refractivity contribution in [2.24, 2.45) is 5.92 Å². The molecular weight excluding hydrogens is 414 g/mol. The van der Waals surface area contributed by atoms with Crippen LogP contribution in [-0.4, -0.2) is 50.4 Å². The smallest absolute Gasteiger partial charge is 0.243 e. The third-order valence-corrected chi connectivity index (χ3v) is 7.68. The van der Waals surface area contributed by atoms with Gasteiger partial charge in [-0.3, -0.25) is 4.79 Å². The zero-order valence-corrected chi connectivity index (χ0v) is 18.3. The zero-order valence-electron chi connectivity index (χ0n) is 17.5. The Balaban J connectivity index is 1.36. The number of amides is 1. The van der Waals surface area contributed by atoms with Gasteiger partial charge in [-0.15, -0.1) is 0 Å². The number of benzene rings is 2. The molecule has 1 amide bonds. The summed E-state index contributed by atoms with van der Waals surface area (Å²) < 4.78 is 32.5. The number of H-pyrrole nitrogens is 1. The van der Waals surface area contributed by atoms with Gasteiger partial charge in [-0.05, 0) is 55.2 Å². The van der Waals surface area contributed by atoms with Gasteiger partial charge < -0.3 is 15.0 Å². The lowest BCUT2D eigenvalue weighted by molar-refractivity contribution is -0.126. The molecule has 2 heterocycles. The van der Waals surface area contributed by atoms with E-state index in [1.165, 1.54) is 4.31 Å². The number of aromatic nitrogens is 1. The molecule has 31 heavy (non-hydrogen) atoms. The first-order chi connectivity index (χ1) is 15.0. The normalized spacial score (nSPS) is 17.5. The Morgan fingerprint density at radius 2 is 2.03 bits per heavy atom. The van der Waals surface area contributed by atoms with Gasteiger partial charge in [0.25, 0.3) is 0 Å². The van der Waals surface area contributed by atoms with Gasteiger partial charge in [-0.25, -0.2) is 8.42 Å². The number of sulfonamides is 1. The first-order valence-corrected chi connectivity index (χ1v) is 11.9. The molecule has 1 aliphatic heterocycles. The van der Waals surface area contributed by atoms with Crippen LogP contribution >= 0.6 is 0 Å². The molecule has 0 spiro atoms. The lowest BCUT2D eigenvalue weighted by Gasteiger charge is -2.31. The minimum absolute atomic E-state index is 0.0922. The van der Waals surface area contributed by atoms with E-state index in [0.717, 1.165) is 22.2 Å². The fourth-order valence-corrected chi connectivity index (χ4v) is 5.62. The third-order valence-electron chi connectivity index (χ3n) is 5.80. The van der Waals surface area contributed by atoms with E-state index >= 15 is 0 Å². The SMILES string of the molecule is COc1ccc2[nH]cc(CCNC(=O)C3CCCN(S(=O)(=O)c4ccccc4)C3)c2c1. The quantitative estimate of drug-likeness (QED) is 0.590. The lowest BCUT2D eigenvalue weighted by Crippen LogP contribution is -2.45. The van der Waals surface area contributed by atoms with Crippen molar-refractivity contribution in [3.63, 3.8) is 0 Å². The van der Waals surface area contributed by atoms with Crippen molar-refractivity contribution in [1.29, 1.82) is 0 Å². The van der Waals surface area contributed by atoms with Crippen molar-refractivity contribution in [1.82, 2.24) is 14.6 Å². The summed E-state index contributed by atoms with van der Waals surface area (Å²) in [6.45, 7) is 1.15. The number of hydrogen-bond acceptors (Lipinski definition) is 4. The average molecular weight is 442 g/mol. The van der Waals surface area contributed by atoms with E-state index in [4.69, 9.17) is 4.74 Å². The summed E-state index contributed by atoms with van der Waals surface area (Å²) in [5.41, 5.74) is 2.13. The van der Waals surface area contributed by atoms with Crippen LogP contribution in [0.4, 0.5) is 0 Å². The number of carbonyl (C=O) groups excluding carboxylic acids is 1. The van der Waals surface area contributed by atoms with Crippen LogP contribution in [0.2, 0.25) is 0 Å². The second kappa shape index (κ2) is 9.11. The molecular formula is C23H27N3O4S. The zero-order chi connectivity index (χ0) is 21.8. The van der Waals surface area contributed by atoms with Crippen LogP contribution in [0.25, 0.3) is 10.9 Å². The maximum Gasteiger partial charge on any atom is 0.243 e. The van der Waals surface area contributed by atoms with Gasteiger partial charge in [0, 0.05) is 36.7 Å². The molecule has 4 rings (SSSR count). The molecule has 0 aliphatic carbocycles. The molecule has 0 radical (unpaired) electrons. The van der Waals surface area contributed by atoms with E-state index < -0.39 is 10.0 Å². The number of nitrogens with zero attached hydrogens (tertiary/aromatic N) is 1. The number of methoxy groups -OCH3 is 1. The number of nitrogens with one attached hydrogen (secondary N) is 2. The Labute approximate surface area is 182 Å². The van der Waals surface area contributed by atoms with Crippen LogP contribution in [0.5, 0.6) is 5.75 Å². The van der Waals surface area contributed by atoms with E-state index in [1.807, 2.05) is 24.4 Å². The average Bonchev–Trinajstić information content (AvgIpc) is 3.21. The highest BCUT2D eigenvalue weighted by molar-refractivity contribution is 7.89. The molecule has 1 aromatic heterocycles. The highest BCUT2D eigenvalue weighted by atomic mass is 32.2. The summed E-state index contributed by atoms with van der Waals surface area (Å²) in [4.78, 5) is 16.2. The maximum atomic E-state index is 12.9. The molecule has 1 atom stereocenters. The predicted octanol–water partition coefficient (Wildman–Crippen LogP) is 2.94. The van der Waals surface area contributed by atoms with E-state index in [9.17, 15) is 13.2 Å². The van der Waals surface area contributed by atoms with Crippen LogP contribution in [-0.2, 0) is 21.2 Å². The molecule has 3 aromatic rings. The molecule has 1 unspecified atom stereocenters. The van der Waals surface area contributed by atoms with Crippen molar-refractivity contribution < 1.29 is 17.9 Å². The van der Waals surface area contributed by atoms with E-state index in [0.29, 0.717) is 32.4 Å². The summed E-state index contributed by atoms with van der Waals surface area (Å²) in [5, 5.41) is 4.07. The van der Waals surface area contributed by atoms with E-state index in [2.05, 4.69) is 10.3 Å². The maximum absolute atomic E-state index is 12.9. The molecule has 8 heteroatoms. The van der Waals surface area contributed by atoms with Crippen LogP contribution < -0.4 is 10.1 Å². The number of aromatic amines is 1. The number of ether oxygens (including phenoxy) is 1. The van der Waals surface area contributed by atoms with E-state index in [1.54, 1.807) is 37.4 Å². The molecule has 1 saturated heterocycles. The van der Waals surface area contributed by atoms with Gasteiger partial charge in [0.05, 0.1) is 17.9 Å². The largest absolute Gasteiger partial charge is 0.497 e. The summed E-state index contributed by atoms with van der Waals surface area (Å²) in [6, 6.07) is 14.3. The molecule has 0 saturated carbocycles. The summed E-state index contributed by atoms with van der Waals surface area (Å²) in [6.07, 6.45) is 3.99. The molecule has 2 aromatic carbocycles. The molecule has 1 fully saturated rings. The Kier molecular flexibility index (Phi) is 6.29. The first kappa shape index (κ1) is 21.4. The van der Waals surface area contributed by atoms with Crippen LogP contribution in [0.1, 0.15) is 18.4 Å². The second-order valence-electron chi connectivity index (χ2n) is 7.78.